The van der Waals surface area contributed by atoms with E-state index in [1.54, 1.807) is 0 Å². The summed E-state index contributed by atoms with van der Waals surface area (Å²) in [6, 6.07) is -2.03. The summed E-state index contributed by atoms with van der Waals surface area (Å²) in [5, 5.41) is 12.0. The second-order valence-corrected chi connectivity index (χ2v) is 6.28. The van der Waals surface area contributed by atoms with E-state index in [4.69, 9.17) is 17.2 Å². The number of piperidine rings is 1. The van der Waals surface area contributed by atoms with Gasteiger partial charge in [0.15, 0.2) is 5.96 Å². The number of carboxylic acids is 1. The summed E-state index contributed by atoms with van der Waals surface area (Å²) in [6.45, 7) is 4.36. The van der Waals surface area contributed by atoms with Crippen LogP contribution in [0.4, 0.5) is 0 Å². The smallest absolute Gasteiger partial charge is 0.327 e. The average Bonchev–Trinajstić information content (AvgIpc) is 3.13. The van der Waals surface area contributed by atoms with Crippen molar-refractivity contribution in [3.63, 3.8) is 0 Å². The Kier molecular flexibility index (Phi) is 4.57. The van der Waals surface area contributed by atoms with E-state index in [0.29, 0.717) is 6.42 Å². The van der Waals surface area contributed by atoms with Gasteiger partial charge in [0, 0.05) is 18.6 Å². The zero-order chi connectivity index (χ0) is 16.6. The number of aliphatic carboxylic acids is 1. The Labute approximate surface area is 128 Å². The molecule has 6 atom stereocenters. The molecule has 9 nitrogen and oxygen atoms in total. The summed E-state index contributed by atoms with van der Waals surface area (Å²) in [6.07, 6.45) is 0.497. The van der Waals surface area contributed by atoms with Crippen molar-refractivity contribution in [2.45, 2.75) is 50.5 Å². The fraction of sp³-hybridized carbons (Fsp3) is 0.769. The maximum absolute atomic E-state index is 12.1. The molecule has 0 saturated carbocycles. The van der Waals surface area contributed by atoms with Crippen molar-refractivity contribution < 1.29 is 14.7 Å². The van der Waals surface area contributed by atoms with Crippen LogP contribution in [0.3, 0.4) is 0 Å². The largest absolute Gasteiger partial charge is 0.480 e. The van der Waals surface area contributed by atoms with Crippen LogP contribution in [-0.2, 0) is 9.59 Å². The second kappa shape index (κ2) is 6.09. The van der Waals surface area contributed by atoms with Gasteiger partial charge in [-0.15, -0.1) is 0 Å². The van der Waals surface area contributed by atoms with E-state index in [-0.39, 0.29) is 30.0 Å². The Balaban J connectivity index is 2.06. The fourth-order valence-electron chi connectivity index (χ4n) is 2.97. The van der Waals surface area contributed by atoms with E-state index >= 15 is 0 Å². The fourth-order valence-corrected chi connectivity index (χ4v) is 2.97. The number of fused-ring (bicyclic) bond motifs is 1. The van der Waals surface area contributed by atoms with Crippen molar-refractivity contribution in [1.29, 1.82) is 0 Å². The van der Waals surface area contributed by atoms with Gasteiger partial charge in [0.1, 0.15) is 6.04 Å². The van der Waals surface area contributed by atoms with Crippen molar-refractivity contribution in [3.8, 4) is 0 Å². The Morgan fingerprint density at radius 3 is 2.50 bits per heavy atom. The predicted molar refractivity (Wildman–Crippen MR) is 80.9 cm³/mol. The number of rotatable bonds is 6. The average molecular weight is 312 g/mol. The first-order valence-corrected chi connectivity index (χ1v) is 7.35. The van der Waals surface area contributed by atoms with Crippen LogP contribution in [0.5, 0.6) is 0 Å². The standard InChI is InChI=1S/C13H24N6O3/c1-5(2)9(14)11(20)18-10(12(21)22)7-3-6(17-13(15)16)8-4-19(7)8/h5-10H,3-4,14H2,1-2H3,(H,18,20)(H,21,22)(H4,15,16,17)/t6-,7-,8+,9?,10-,19?/m0/s1. The van der Waals surface area contributed by atoms with E-state index in [9.17, 15) is 14.7 Å². The molecule has 8 N–H and O–H groups in total. The van der Waals surface area contributed by atoms with Gasteiger partial charge in [-0.3, -0.25) is 9.69 Å². The van der Waals surface area contributed by atoms with Crippen molar-refractivity contribution in [2.24, 2.45) is 28.1 Å². The molecule has 2 unspecified atom stereocenters. The third-order valence-electron chi connectivity index (χ3n) is 4.33. The molecule has 0 radical (unpaired) electrons. The molecule has 2 aliphatic heterocycles. The van der Waals surface area contributed by atoms with E-state index in [0.717, 1.165) is 6.54 Å². The number of hydrogen-bond donors (Lipinski definition) is 5. The van der Waals surface area contributed by atoms with E-state index < -0.39 is 24.0 Å². The number of nitrogens with two attached hydrogens (primary N) is 3. The SMILES string of the molecule is CC(C)C(N)C(=O)N[C@H](C(=O)O)[C@@H]1C[C@H](N=C(N)N)[C@H]2CN21. The number of carboxylic acid groups (broad SMARTS) is 1. The first-order valence-electron chi connectivity index (χ1n) is 7.35. The Morgan fingerprint density at radius 2 is 2.00 bits per heavy atom. The number of nitrogens with zero attached hydrogens (tertiary/aromatic N) is 2. The van der Waals surface area contributed by atoms with Gasteiger partial charge in [0.2, 0.25) is 5.91 Å². The molecule has 2 saturated heterocycles. The van der Waals surface area contributed by atoms with Gasteiger partial charge in [-0.2, -0.15) is 0 Å². The molecule has 1 amide bonds. The molecule has 124 valence electrons. The molecular weight excluding hydrogens is 288 g/mol. The summed E-state index contributed by atoms with van der Waals surface area (Å²) < 4.78 is 0. The normalized spacial score (nSPS) is 32.0. The number of aliphatic imine (C=N–C) groups is 1. The van der Waals surface area contributed by atoms with Crippen molar-refractivity contribution >= 4 is 17.8 Å². The van der Waals surface area contributed by atoms with E-state index in [2.05, 4.69) is 10.3 Å². The van der Waals surface area contributed by atoms with Gasteiger partial charge in [0.25, 0.3) is 0 Å². The molecule has 22 heavy (non-hydrogen) atoms. The highest BCUT2D eigenvalue weighted by atomic mass is 16.4. The minimum absolute atomic E-state index is 0.00441. The molecule has 2 rings (SSSR count). The molecule has 0 aromatic carbocycles. The zero-order valence-electron chi connectivity index (χ0n) is 12.8. The molecule has 0 bridgehead atoms. The lowest BCUT2D eigenvalue weighted by Gasteiger charge is -2.25. The summed E-state index contributed by atoms with van der Waals surface area (Å²) in [5.41, 5.74) is 16.6. The molecule has 0 aromatic rings. The van der Waals surface area contributed by atoms with Gasteiger partial charge >= 0.3 is 5.97 Å². The van der Waals surface area contributed by atoms with Gasteiger partial charge < -0.3 is 27.6 Å². The lowest BCUT2D eigenvalue weighted by atomic mass is 9.99. The maximum atomic E-state index is 12.1. The molecular formula is C13H24N6O3. The Hall–Kier alpha value is -1.87. The second-order valence-electron chi connectivity index (χ2n) is 6.28. The zero-order valence-corrected chi connectivity index (χ0v) is 12.8. The lowest BCUT2D eigenvalue weighted by Crippen LogP contribution is -2.55. The quantitative estimate of drug-likeness (QED) is 0.208. The molecule has 0 aliphatic carbocycles. The van der Waals surface area contributed by atoms with Crippen molar-refractivity contribution in [1.82, 2.24) is 10.2 Å². The van der Waals surface area contributed by atoms with Crippen LogP contribution in [0.1, 0.15) is 20.3 Å². The van der Waals surface area contributed by atoms with Crippen LogP contribution in [0.25, 0.3) is 0 Å². The number of carbonyl (C=O) groups is 2. The highest BCUT2D eigenvalue weighted by Gasteiger charge is 2.56. The third-order valence-corrected chi connectivity index (χ3v) is 4.33. The number of guanidine groups is 1. The first kappa shape index (κ1) is 16.5. The van der Waals surface area contributed by atoms with Crippen molar-refractivity contribution in [3.05, 3.63) is 0 Å². The van der Waals surface area contributed by atoms with Crippen LogP contribution >= 0.6 is 0 Å². The minimum Gasteiger partial charge on any atom is -0.480 e. The molecule has 2 fully saturated rings. The van der Waals surface area contributed by atoms with Crippen molar-refractivity contribution in [2.75, 3.05) is 6.54 Å². The van der Waals surface area contributed by atoms with Crippen LogP contribution in [0.15, 0.2) is 4.99 Å². The molecule has 9 heteroatoms. The highest BCUT2D eigenvalue weighted by Crippen LogP contribution is 2.39. The number of nitrogens with one attached hydrogen (secondary N) is 1. The summed E-state index contributed by atoms with van der Waals surface area (Å²) in [4.78, 5) is 29.7. The number of hydrogen-bond acceptors (Lipinski definition) is 5. The Morgan fingerprint density at radius 1 is 1.36 bits per heavy atom. The topological polar surface area (TPSA) is 160 Å². The highest BCUT2D eigenvalue weighted by molar-refractivity contribution is 5.87. The predicted octanol–water partition coefficient (Wildman–Crippen LogP) is -2.36. The van der Waals surface area contributed by atoms with Crippen LogP contribution < -0.4 is 22.5 Å². The van der Waals surface area contributed by atoms with E-state index in [1.807, 2.05) is 18.7 Å². The monoisotopic (exact) mass is 312 g/mol. The first-order chi connectivity index (χ1) is 10.2. The van der Waals surface area contributed by atoms with Crippen LogP contribution in [0.2, 0.25) is 0 Å². The summed E-state index contributed by atoms with van der Waals surface area (Å²) >= 11 is 0. The van der Waals surface area contributed by atoms with Gasteiger partial charge in [-0.1, -0.05) is 13.8 Å². The summed E-state index contributed by atoms with van der Waals surface area (Å²) in [7, 11) is 0. The minimum atomic E-state index is -1.08. The Bertz CT molecular complexity index is 490. The molecule has 0 aromatic heterocycles. The number of amides is 1. The van der Waals surface area contributed by atoms with Gasteiger partial charge in [0.05, 0.1) is 12.1 Å². The third kappa shape index (κ3) is 3.30. The molecule has 0 spiro atoms. The summed E-state index contributed by atoms with van der Waals surface area (Å²) in [5.74, 6) is -1.60. The molecule has 2 aliphatic rings. The lowest BCUT2D eigenvalue weighted by molar-refractivity contribution is -0.143. The van der Waals surface area contributed by atoms with Gasteiger partial charge in [-0.25, -0.2) is 9.79 Å². The number of carbonyl (C=O) groups excluding carboxylic acids is 1. The maximum Gasteiger partial charge on any atom is 0.327 e. The van der Waals surface area contributed by atoms with E-state index in [1.165, 1.54) is 0 Å². The molecule has 2 heterocycles. The van der Waals surface area contributed by atoms with Crippen LogP contribution in [-0.4, -0.2) is 64.6 Å². The van der Waals surface area contributed by atoms with Gasteiger partial charge in [-0.05, 0) is 12.3 Å². The van der Waals surface area contributed by atoms with Crippen LogP contribution in [0, 0.1) is 5.92 Å².